The average molecular weight is 791 g/mol. The first kappa shape index (κ1) is 38.5. The molecular weight excluding hydrogens is 752 g/mol. The van der Waals surface area contributed by atoms with Gasteiger partial charge in [-0.3, -0.25) is 9.59 Å². The molecule has 0 saturated carbocycles. The molecule has 8 rings (SSSR count). The number of nitrogens with zero attached hydrogens (tertiary/aromatic N) is 4. The van der Waals surface area contributed by atoms with Crippen LogP contribution in [0.2, 0.25) is 0 Å². The lowest BCUT2D eigenvalue weighted by Crippen LogP contribution is -3.00. The molecule has 2 fully saturated rings. The Balaban J connectivity index is 0.00000480. The molecule has 13 heteroatoms. The quantitative estimate of drug-likeness (QED) is 0.130. The predicted molar refractivity (Wildman–Crippen MR) is 209 cm³/mol. The Labute approximate surface area is 330 Å². The second kappa shape index (κ2) is 15.7. The zero-order valence-corrected chi connectivity index (χ0v) is 32.4. The molecule has 0 unspecified atom stereocenters. The van der Waals surface area contributed by atoms with Crippen molar-refractivity contribution in [1.82, 2.24) is 13.9 Å². The number of carbonyl (C=O) groups is 3. The van der Waals surface area contributed by atoms with Crippen LogP contribution in [0.25, 0.3) is 33.4 Å². The van der Waals surface area contributed by atoms with Crippen LogP contribution in [0, 0.1) is 5.92 Å². The Kier molecular flexibility index (Phi) is 10.8. The third kappa shape index (κ3) is 7.18. The Hall–Kier alpha value is -5.82. The minimum atomic E-state index is -4.07. The maximum absolute atomic E-state index is 14.6. The van der Waals surface area contributed by atoms with Crippen LogP contribution >= 0.6 is 0 Å². The highest BCUT2D eigenvalue weighted by atomic mass is 35.5. The van der Waals surface area contributed by atoms with Crippen LogP contribution in [0.1, 0.15) is 25.7 Å². The molecule has 2 saturated heterocycles. The molecule has 1 aliphatic carbocycles. The van der Waals surface area contributed by atoms with Gasteiger partial charge in [-0.2, -0.15) is 8.88 Å². The van der Waals surface area contributed by atoms with Gasteiger partial charge < -0.3 is 26.6 Å². The molecule has 0 radical (unpaired) electrons. The van der Waals surface area contributed by atoms with E-state index in [0.717, 1.165) is 38.9 Å². The molecule has 4 aromatic carbocycles. The van der Waals surface area contributed by atoms with E-state index in [9.17, 15) is 22.8 Å². The first-order valence-electron chi connectivity index (χ1n) is 18.2. The standard InChI is InChI=1S/C43H39N4O7S.ClH/c1-44(30-11-5-3-6-12-30)32-17-19-34-37(27-32)53-38-28-33(45(2)31-13-7-4-8-14-31)18-20-35(38)42(34)36-15-9-10-16-39(36)55(51,52)46-25-23-29(24-26-46)43(50)54-47-40(48)21-22-41(47)49;/h3-20,27-29H,21-26H2,1-2H3;1H/q+1;/p-1. The van der Waals surface area contributed by atoms with Crippen molar-refractivity contribution in [3.05, 3.63) is 127 Å². The highest BCUT2D eigenvalue weighted by Gasteiger charge is 2.38. The molecule has 3 aliphatic heterocycles. The summed E-state index contributed by atoms with van der Waals surface area (Å²) in [6, 6.07) is 38.9. The summed E-state index contributed by atoms with van der Waals surface area (Å²) in [5.74, 6) is -1.88. The van der Waals surface area contributed by atoms with E-state index in [0.29, 0.717) is 22.0 Å². The fraction of sp³-hybridized carbons (Fsp3) is 0.209. The lowest BCUT2D eigenvalue weighted by molar-refractivity contribution is -0.201. The van der Waals surface area contributed by atoms with Gasteiger partial charge in [-0.25, -0.2) is 13.2 Å². The van der Waals surface area contributed by atoms with Crippen molar-refractivity contribution in [2.75, 3.05) is 32.1 Å². The van der Waals surface area contributed by atoms with Crippen LogP contribution in [0.5, 0.6) is 0 Å². The van der Waals surface area contributed by atoms with E-state index < -0.39 is 33.7 Å². The molecule has 4 aromatic rings. The third-order valence-electron chi connectivity index (χ3n) is 10.5. The summed E-state index contributed by atoms with van der Waals surface area (Å²) in [6.45, 7) is 0.128. The molecule has 4 aliphatic rings. The van der Waals surface area contributed by atoms with Gasteiger partial charge in [-0.15, -0.1) is 5.06 Å². The number of carbonyl (C=O) groups excluding carboxylic acids is 3. The fourth-order valence-corrected chi connectivity index (χ4v) is 9.04. The highest BCUT2D eigenvalue weighted by molar-refractivity contribution is 7.89. The Morgan fingerprint density at radius 1 is 0.786 bits per heavy atom. The summed E-state index contributed by atoms with van der Waals surface area (Å²) in [6.07, 6.45) is 0.365. The molecule has 3 heterocycles. The summed E-state index contributed by atoms with van der Waals surface area (Å²) >= 11 is 0. The number of fused-ring (bicyclic) bond motifs is 2. The van der Waals surface area contributed by atoms with Crippen molar-refractivity contribution in [2.45, 2.75) is 30.6 Å². The van der Waals surface area contributed by atoms with Gasteiger partial charge >= 0.3 is 5.97 Å². The SMILES string of the molecule is CN(c1ccccc1)c1ccc2c(-c3ccccc3S(=O)(=O)N3CCC(C(=O)ON4C(=O)CCC4=O)CC3)c3ccc(=[N+](C)c4ccccc4)cc-3oc2c1.[Cl-]. The van der Waals surface area contributed by atoms with Crippen LogP contribution in [0.3, 0.4) is 0 Å². The Morgan fingerprint density at radius 3 is 2.12 bits per heavy atom. The lowest BCUT2D eigenvalue weighted by Gasteiger charge is -2.31. The number of para-hydroxylation sites is 2. The summed E-state index contributed by atoms with van der Waals surface area (Å²) in [7, 11) is -0.0916. The summed E-state index contributed by atoms with van der Waals surface area (Å²) in [4.78, 5) is 44.2. The number of sulfonamides is 1. The Bertz CT molecular complexity index is 2590. The third-order valence-corrected chi connectivity index (χ3v) is 12.5. The zero-order chi connectivity index (χ0) is 38.3. The monoisotopic (exact) mass is 790 g/mol. The van der Waals surface area contributed by atoms with E-state index in [-0.39, 0.29) is 56.1 Å². The topological polar surface area (TPSA) is 120 Å². The number of hydrogen-bond acceptors (Lipinski definition) is 8. The van der Waals surface area contributed by atoms with Gasteiger partial charge in [0.15, 0.2) is 0 Å². The number of imide groups is 1. The molecule has 11 nitrogen and oxygen atoms in total. The van der Waals surface area contributed by atoms with Gasteiger partial charge in [0.05, 0.1) is 16.9 Å². The van der Waals surface area contributed by atoms with Gasteiger partial charge in [0.25, 0.3) is 11.8 Å². The molecule has 286 valence electrons. The highest BCUT2D eigenvalue weighted by Crippen LogP contribution is 2.44. The van der Waals surface area contributed by atoms with E-state index >= 15 is 0 Å². The fourth-order valence-electron chi connectivity index (χ4n) is 7.37. The van der Waals surface area contributed by atoms with E-state index in [4.69, 9.17) is 9.25 Å². The predicted octanol–water partition coefficient (Wildman–Crippen LogP) is 3.72. The van der Waals surface area contributed by atoms with Crippen LogP contribution in [-0.2, 0) is 29.2 Å². The van der Waals surface area contributed by atoms with Crippen LogP contribution in [0.15, 0.2) is 131 Å². The van der Waals surface area contributed by atoms with Crippen molar-refractivity contribution in [1.29, 1.82) is 0 Å². The van der Waals surface area contributed by atoms with Gasteiger partial charge in [-0.05, 0) is 49.2 Å². The minimum Gasteiger partial charge on any atom is -1.00 e. The molecule has 0 atom stereocenters. The maximum Gasteiger partial charge on any atom is 0.336 e. The number of hydrogen-bond donors (Lipinski definition) is 0. The molecule has 0 spiro atoms. The largest absolute Gasteiger partial charge is 1.00 e. The van der Waals surface area contributed by atoms with E-state index in [1.807, 2.05) is 123 Å². The van der Waals surface area contributed by atoms with Crippen LogP contribution < -0.4 is 27.2 Å². The van der Waals surface area contributed by atoms with Crippen molar-refractivity contribution < 1.29 is 44.5 Å². The second-order valence-electron chi connectivity index (χ2n) is 13.8. The van der Waals surface area contributed by atoms with E-state index in [1.165, 1.54) is 4.31 Å². The first-order chi connectivity index (χ1) is 26.6. The number of anilines is 2. The summed E-state index contributed by atoms with van der Waals surface area (Å²) < 4.78 is 39.3. The molecule has 0 bridgehead atoms. The zero-order valence-electron chi connectivity index (χ0n) is 30.8. The van der Waals surface area contributed by atoms with Crippen LogP contribution in [0.4, 0.5) is 17.1 Å². The number of hydroxylamine groups is 2. The lowest BCUT2D eigenvalue weighted by atomic mass is 9.93. The minimum absolute atomic E-state index is 0. The second-order valence-corrected chi connectivity index (χ2v) is 15.7. The van der Waals surface area contributed by atoms with E-state index in [2.05, 4.69) is 9.48 Å². The number of benzene rings is 5. The maximum atomic E-state index is 14.6. The normalized spacial score (nSPS) is 15.9. The summed E-state index contributed by atoms with van der Waals surface area (Å²) in [5.41, 5.74) is 5.47. The van der Waals surface area contributed by atoms with E-state index in [1.54, 1.807) is 12.1 Å². The van der Waals surface area contributed by atoms with Gasteiger partial charge in [0.1, 0.15) is 18.4 Å². The molecule has 0 N–H and O–H groups in total. The van der Waals surface area contributed by atoms with Crippen molar-refractivity contribution in [3.63, 3.8) is 0 Å². The first-order valence-corrected chi connectivity index (χ1v) is 19.6. The van der Waals surface area contributed by atoms with Gasteiger partial charge in [-0.1, -0.05) is 54.6 Å². The Morgan fingerprint density at radius 2 is 1.43 bits per heavy atom. The van der Waals surface area contributed by atoms with Crippen molar-refractivity contribution >= 4 is 55.8 Å². The molecule has 2 amide bonds. The summed E-state index contributed by atoms with van der Waals surface area (Å²) in [5, 5.41) is 2.18. The molecule has 0 aromatic heterocycles. The van der Waals surface area contributed by atoms with Crippen LogP contribution in [-0.4, -0.2) is 62.8 Å². The molecule has 56 heavy (non-hydrogen) atoms. The van der Waals surface area contributed by atoms with Crippen molar-refractivity contribution in [2.24, 2.45) is 5.92 Å². The number of halogens is 1. The number of rotatable bonds is 8. The number of amides is 2. The van der Waals surface area contributed by atoms with Gasteiger partial charge in [0, 0.05) is 90.7 Å². The molecular formula is C43H39ClN4O7S. The average Bonchev–Trinajstić information content (AvgIpc) is 3.54. The number of piperidine rings is 1. The van der Waals surface area contributed by atoms with Crippen molar-refractivity contribution in [3.8, 4) is 22.5 Å². The smallest absolute Gasteiger partial charge is 0.336 e. The van der Waals surface area contributed by atoms with Gasteiger partial charge in [0.2, 0.25) is 21.1 Å².